The van der Waals surface area contributed by atoms with E-state index >= 15 is 0 Å². The molecule has 2 N–H and O–H groups in total. The highest BCUT2D eigenvalue weighted by molar-refractivity contribution is 7.99. The van der Waals surface area contributed by atoms with E-state index in [2.05, 4.69) is 19.9 Å². The zero-order chi connectivity index (χ0) is 21.8. The molecule has 158 valence electrons. The van der Waals surface area contributed by atoms with Crippen LogP contribution in [0.5, 0.6) is 0 Å². The number of carbonyl (C=O) groups is 2. The number of nitrogens with zero attached hydrogens (tertiary/aromatic N) is 4. The van der Waals surface area contributed by atoms with E-state index in [1.54, 1.807) is 13.8 Å². The number of esters is 2. The molecule has 0 aliphatic heterocycles. The van der Waals surface area contributed by atoms with Crippen molar-refractivity contribution < 1.29 is 19.1 Å². The Balaban J connectivity index is 1.67. The Kier molecular flexibility index (Phi) is 6.83. The Bertz CT molecular complexity index is 1100. The van der Waals surface area contributed by atoms with Crippen molar-refractivity contribution in [3.05, 3.63) is 33.7 Å². The summed E-state index contributed by atoms with van der Waals surface area (Å²) in [4.78, 5) is 42.3. The van der Waals surface area contributed by atoms with Gasteiger partial charge in [0.05, 0.1) is 17.7 Å². The molecule has 3 rings (SSSR count). The van der Waals surface area contributed by atoms with Crippen molar-refractivity contribution >= 4 is 51.1 Å². The molecule has 0 aliphatic rings. The largest absolute Gasteiger partial charge is 0.462 e. The summed E-state index contributed by atoms with van der Waals surface area (Å²) >= 11 is 2.38. The summed E-state index contributed by atoms with van der Waals surface area (Å²) in [6, 6.07) is 1.86. The second kappa shape index (κ2) is 9.35. The average molecular weight is 448 g/mol. The average Bonchev–Trinajstić information content (AvgIpc) is 3.01. The fourth-order valence-electron chi connectivity index (χ4n) is 2.74. The minimum atomic E-state index is -0.445. The van der Waals surface area contributed by atoms with E-state index in [1.165, 1.54) is 23.1 Å². The van der Waals surface area contributed by atoms with Gasteiger partial charge in [-0.25, -0.2) is 24.7 Å². The lowest BCUT2D eigenvalue weighted by Crippen LogP contribution is -2.10. The van der Waals surface area contributed by atoms with E-state index in [4.69, 9.17) is 15.2 Å². The van der Waals surface area contributed by atoms with Gasteiger partial charge in [-0.2, -0.15) is 0 Å². The Labute approximate surface area is 181 Å². The molecule has 0 saturated heterocycles. The molecule has 0 fully saturated rings. The summed E-state index contributed by atoms with van der Waals surface area (Å²) in [6.45, 7) is 7.41. The number of thiophene rings is 1. The van der Waals surface area contributed by atoms with Crippen molar-refractivity contribution in [3.8, 4) is 0 Å². The molecule has 3 aromatic rings. The van der Waals surface area contributed by atoms with Gasteiger partial charge in [0.15, 0.2) is 17.6 Å². The molecule has 0 amide bonds. The van der Waals surface area contributed by atoms with Gasteiger partial charge in [-0.15, -0.1) is 11.3 Å². The molecule has 0 unspecified atom stereocenters. The van der Waals surface area contributed by atoms with E-state index in [0.717, 1.165) is 11.4 Å². The van der Waals surface area contributed by atoms with Gasteiger partial charge in [-0.05, 0) is 39.3 Å². The standard InChI is InChI=1S/C19H21N5O4S2/c1-5-27-18(26)15-11(4)14-16(20)23-12(24-17(14)30-15)7-28-13(25)8-29-19-21-9(2)6-10(3)22-19/h6H,5,7-8H2,1-4H3,(H2,20,23,24). The van der Waals surface area contributed by atoms with Gasteiger partial charge in [0.1, 0.15) is 15.5 Å². The van der Waals surface area contributed by atoms with E-state index in [0.29, 0.717) is 25.8 Å². The van der Waals surface area contributed by atoms with Crippen LogP contribution in [0.1, 0.15) is 39.4 Å². The zero-order valence-electron chi connectivity index (χ0n) is 17.0. The number of anilines is 1. The fourth-order valence-corrected chi connectivity index (χ4v) is 4.59. The van der Waals surface area contributed by atoms with Crippen LogP contribution in [-0.4, -0.2) is 44.2 Å². The first-order valence-corrected chi connectivity index (χ1v) is 10.9. The number of thioether (sulfide) groups is 1. The van der Waals surface area contributed by atoms with Crippen molar-refractivity contribution in [3.63, 3.8) is 0 Å². The summed E-state index contributed by atoms with van der Waals surface area (Å²) in [5.41, 5.74) is 8.41. The number of nitrogens with two attached hydrogens (primary N) is 1. The van der Waals surface area contributed by atoms with Gasteiger partial charge in [-0.3, -0.25) is 4.79 Å². The lowest BCUT2D eigenvalue weighted by Gasteiger charge is -2.06. The van der Waals surface area contributed by atoms with Crippen LogP contribution in [0.3, 0.4) is 0 Å². The molecule has 0 aromatic carbocycles. The highest BCUT2D eigenvalue weighted by Crippen LogP contribution is 2.33. The lowest BCUT2D eigenvalue weighted by molar-refractivity contribution is -0.141. The topological polar surface area (TPSA) is 130 Å². The summed E-state index contributed by atoms with van der Waals surface area (Å²) in [5.74, 6) is -0.312. The van der Waals surface area contributed by atoms with E-state index < -0.39 is 11.9 Å². The molecule has 3 aromatic heterocycles. The van der Waals surface area contributed by atoms with Gasteiger partial charge >= 0.3 is 11.9 Å². The van der Waals surface area contributed by atoms with Gasteiger partial charge in [0.25, 0.3) is 0 Å². The highest BCUT2D eigenvalue weighted by atomic mass is 32.2. The zero-order valence-corrected chi connectivity index (χ0v) is 18.6. The number of rotatable bonds is 7. The van der Waals surface area contributed by atoms with Crippen LogP contribution in [0.2, 0.25) is 0 Å². The van der Waals surface area contributed by atoms with Crippen molar-refractivity contribution in [2.75, 3.05) is 18.1 Å². The highest BCUT2D eigenvalue weighted by Gasteiger charge is 2.20. The van der Waals surface area contributed by atoms with Crippen LogP contribution in [0.4, 0.5) is 5.82 Å². The monoisotopic (exact) mass is 447 g/mol. The number of fused-ring (bicyclic) bond motifs is 1. The van der Waals surface area contributed by atoms with E-state index in [-0.39, 0.29) is 30.6 Å². The molecule has 3 heterocycles. The minimum absolute atomic E-state index is 0.0612. The molecule has 30 heavy (non-hydrogen) atoms. The van der Waals surface area contributed by atoms with Crippen LogP contribution in [0.15, 0.2) is 11.2 Å². The van der Waals surface area contributed by atoms with Crippen LogP contribution in [0.25, 0.3) is 10.2 Å². The van der Waals surface area contributed by atoms with E-state index in [9.17, 15) is 9.59 Å². The molecule has 11 heteroatoms. The van der Waals surface area contributed by atoms with Gasteiger partial charge < -0.3 is 15.2 Å². The Morgan fingerprint density at radius 3 is 2.47 bits per heavy atom. The molecule has 0 spiro atoms. The Morgan fingerprint density at radius 1 is 1.10 bits per heavy atom. The predicted octanol–water partition coefficient (Wildman–Crippen LogP) is 3.00. The maximum Gasteiger partial charge on any atom is 0.348 e. The second-order valence-electron chi connectivity index (χ2n) is 6.36. The van der Waals surface area contributed by atoms with Gasteiger partial charge in [0.2, 0.25) is 0 Å². The maximum atomic E-state index is 12.1. The lowest BCUT2D eigenvalue weighted by atomic mass is 10.2. The minimum Gasteiger partial charge on any atom is -0.462 e. The summed E-state index contributed by atoms with van der Waals surface area (Å²) in [7, 11) is 0. The molecule has 0 saturated carbocycles. The van der Waals surface area contributed by atoms with E-state index in [1.807, 2.05) is 19.9 Å². The molecule has 9 nitrogen and oxygen atoms in total. The number of nitrogen functional groups attached to an aromatic ring is 1. The first-order chi connectivity index (χ1) is 14.3. The summed E-state index contributed by atoms with van der Waals surface area (Å²) in [6.07, 6.45) is 0. The number of aromatic nitrogens is 4. The van der Waals surface area contributed by atoms with Crippen LogP contribution in [-0.2, 0) is 20.9 Å². The van der Waals surface area contributed by atoms with Crippen molar-refractivity contribution in [1.29, 1.82) is 0 Å². The predicted molar refractivity (Wildman–Crippen MR) is 115 cm³/mol. The molecule has 0 atom stereocenters. The fraction of sp³-hybridized carbons (Fsp3) is 0.368. The second-order valence-corrected chi connectivity index (χ2v) is 8.31. The molecule has 0 radical (unpaired) electrons. The Hall–Kier alpha value is -2.79. The SMILES string of the molecule is CCOC(=O)c1sc2nc(COC(=O)CSc3nc(C)cc(C)n3)nc(N)c2c1C. The number of hydrogen-bond donors (Lipinski definition) is 1. The molecule has 0 aliphatic carbocycles. The number of ether oxygens (including phenoxy) is 2. The maximum absolute atomic E-state index is 12.1. The quantitative estimate of drug-likeness (QED) is 0.327. The third-order valence-electron chi connectivity index (χ3n) is 3.97. The van der Waals surface area contributed by atoms with Gasteiger partial charge in [0, 0.05) is 11.4 Å². The summed E-state index contributed by atoms with van der Waals surface area (Å²) < 4.78 is 10.3. The van der Waals surface area contributed by atoms with Crippen LogP contribution in [0, 0.1) is 20.8 Å². The molecule has 0 bridgehead atoms. The van der Waals surface area contributed by atoms with Crippen molar-refractivity contribution in [2.24, 2.45) is 0 Å². The third-order valence-corrected chi connectivity index (χ3v) is 5.95. The normalized spacial score (nSPS) is 10.9. The van der Waals surface area contributed by atoms with Crippen molar-refractivity contribution in [1.82, 2.24) is 19.9 Å². The smallest absolute Gasteiger partial charge is 0.348 e. The first-order valence-electron chi connectivity index (χ1n) is 9.11. The summed E-state index contributed by atoms with van der Waals surface area (Å²) in [5, 5.41) is 1.13. The number of hydrogen-bond acceptors (Lipinski definition) is 11. The van der Waals surface area contributed by atoms with Gasteiger partial charge in [-0.1, -0.05) is 11.8 Å². The van der Waals surface area contributed by atoms with Crippen LogP contribution >= 0.6 is 23.1 Å². The van der Waals surface area contributed by atoms with Crippen molar-refractivity contribution in [2.45, 2.75) is 39.5 Å². The number of carbonyl (C=O) groups excluding carboxylic acids is 2. The van der Waals surface area contributed by atoms with Crippen LogP contribution < -0.4 is 5.73 Å². The third kappa shape index (κ3) is 5.03. The molecular formula is C19H21N5O4S2. The first kappa shape index (κ1) is 21.9. The number of aryl methyl sites for hydroxylation is 3. The Morgan fingerprint density at radius 2 is 1.80 bits per heavy atom. The molecular weight excluding hydrogens is 426 g/mol.